The van der Waals surface area contributed by atoms with Crippen LogP contribution < -0.4 is 11.1 Å². The van der Waals surface area contributed by atoms with E-state index in [1.807, 2.05) is 6.07 Å². The zero-order valence-electron chi connectivity index (χ0n) is 9.03. The topological polar surface area (TPSA) is 75.3 Å². The molecule has 0 saturated heterocycles. The minimum atomic E-state index is -0.613. The smallest absolute Gasteiger partial charge is 0.249 e. The summed E-state index contributed by atoms with van der Waals surface area (Å²) < 4.78 is 0. The largest absolute Gasteiger partial charge is 0.390 e. The summed E-state index contributed by atoms with van der Waals surface area (Å²) >= 11 is 5.48. The van der Waals surface area contributed by atoms with Crippen LogP contribution in [0.5, 0.6) is 0 Å². The Morgan fingerprint density at radius 3 is 2.88 bits per heavy atom. The first-order valence-electron chi connectivity index (χ1n) is 4.93. The van der Waals surface area contributed by atoms with Gasteiger partial charge in [0.05, 0.1) is 12.0 Å². The molecule has 0 heterocycles. The van der Waals surface area contributed by atoms with E-state index in [-0.39, 0.29) is 5.88 Å². The highest BCUT2D eigenvalue weighted by Gasteiger charge is 2.09. The van der Waals surface area contributed by atoms with Crippen molar-refractivity contribution < 1.29 is 9.90 Å². The van der Waals surface area contributed by atoms with Crippen LogP contribution in [-0.2, 0) is 0 Å². The lowest BCUT2D eigenvalue weighted by Gasteiger charge is -2.13. The lowest BCUT2D eigenvalue weighted by atomic mass is 10.1. The van der Waals surface area contributed by atoms with Crippen LogP contribution in [0.25, 0.3) is 0 Å². The molecule has 1 aromatic rings. The van der Waals surface area contributed by atoms with Crippen molar-refractivity contribution in [3.8, 4) is 0 Å². The zero-order chi connectivity index (χ0) is 12.1. The average molecular weight is 243 g/mol. The second-order valence-electron chi connectivity index (χ2n) is 3.53. The third kappa shape index (κ3) is 3.12. The van der Waals surface area contributed by atoms with Crippen LogP contribution in [0.2, 0.25) is 0 Å². The molecule has 5 heteroatoms. The van der Waals surface area contributed by atoms with Crippen LogP contribution in [-0.4, -0.2) is 29.5 Å². The number of anilines is 1. The number of aliphatic hydroxyl groups excluding tert-OH is 1. The molecular weight excluding hydrogens is 228 g/mol. The van der Waals surface area contributed by atoms with Gasteiger partial charge in [-0.05, 0) is 24.6 Å². The van der Waals surface area contributed by atoms with E-state index < -0.39 is 12.0 Å². The van der Waals surface area contributed by atoms with Gasteiger partial charge in [0, 0.05) is 17.8 Å². The standard InChI is InChI=1S/C11H15ClN2O2/c1-7-9(11(13)16)3-2-4-10(7)14-6-8(15)5-12/h2-4,8,14-15H,5-6H2,1H3,(H2,13,16). The molecular formula is C11H15ClN2O2. The molecule has 0 bridgehead atoms. The van der Waals surface area contributed by atoms with Crippen molar-refractivity contribution in [1.82, 2.24) is 0 Å². The summed E-state index contributed by atoms with van der Waals surface area (Å²) in [4.78, 5) is 11.1. The van der Waals surface area contributed by atoms with Gasteiger partial charge in [0.15, 0.2) is 0 Å². The molecule has 0 fully saturated rings. The molecule has 4 nitrogen and oxygen atoms in total. The number of hydrogen-bond donors (Lipinski definition) is 3. The quantitative estimate of drug-likeness (QED) is 0.677. The predicted octanol–water partition coefficient (Wildman–Crippen LogP) is 1.11. The number of carbonyl (C=O) groups excluding carboxylic acids is 1. The van der Waals surface area contributed by atoms with Gasteiger partial charge < -0.3 is 16.2 Å². The van der Waals surface area contributed by atoms with Crippen molar-refractivity contribution in [2.75, 3.05) is 17.7 Å². The van der Waals surface area contributed by atoms with E-state index >= 15 is 0 Å². The number of rotatable bonds is 5. The summed E-state index contributed by atoms with van der Waals surface area (Å²) in [6.07, 6.45) is -0.613. The summed E-state index contributed by atoms with van der Waals surface area (Å²) in [5.74, 6) is -0.291. The van der Waals surface area contributed by atoms with E-state index in [2.05, 4.69) is 5.32 Å². The number of primary amides is 1. The van der Waals surface area contributed by atoms with Crippen LogP contribution in [0.4, 0.5) is 5.69 Å². The number of hydrogen-bond acceptors (Lipinski definition) is 3. The van der Waals surface area contributed by atoms with Crippen LogP contribution >= 0.6 is 11.6 Å². The fourth-order valence-corrected chi connectivity index (χ4v) is 1.49. The normalized spacial score (nSPS) is 12.2. The first-order chi connectivity index (χ1) is 7.56. The summed E-state index contributed by atoms with van der Waals surface area (Å²) in [5, 5.41) is 12.3. The van der Waals surface area contributed by atoms with Crippen molar-refractivity contribution in [2.45, 2.75) is 13.0 Å². The molecule has 88 valence electrons. The van der Waals surface area contributed by atoms with Gasteiger partial charge in [0.1, 0.15) is 0 Å². The van der Waals surface area contributed by atoms with Crippen LogP contribution in [0, 0.1) is 6.92 Å². The maximum atomic E-state index is 11.1. The van der Waals surface area contributed by atoms with Crippen LogP contribution in [0.3, 0.4) is 0 Å². The molecule has 0 aliphatic heterocycles. The number of carbonyl (C=O) groups is 1. The molecule has 0 aliphatic rings. The third-order valence-electron chi connectivity index (χ3n) is 2.31. The molecule has 4 N–H and O–H groups in total. The number of aliphatic hydroxyl groups is 1. The molecule has 0 radical (unpaired) electrons. The number of benzene rings is 1. The highest BCUT2D eigenvalue weighted by Crippen LogP contribution is 2.18. The first kappa shape index (κ1) is 12.8. The Morgan fingerprint density at radius 1 is 1.62 bits per heavy atom. The summed E-state index contributed by atoms with van der Waals surface area (Å²) in [6.45, 7) is 2.14. The maximum absolute atomic E-state index is 11.1. The van der Waals surface area contributed by atoms with Gasteiger partial charge in [0.25, 0.3) is 0 Å². The Hall–Kier alpha value is -1.26. The van der Waals surface area contributed by atoms with E-state index in [4.69, 9.17) is 17.3 Å². The van der Waals surface area contributed by atoms with Crippen molar-refractivity contribution >= 4 is 23.2 Å². The Morgan fingerprint density at radius 2 is 2.31 bits per heavy atom. The lowest BCUT2D eigenvalue weighted by Crippen LogP contribution is -2.22. The van der Waals surface area contributed by atoms with Crippen LogP contribution in [0.15, 0.2) is 18.2 Å². The number of nitrogens with one attached hydrogen (secondary N) is 1. The van der Waals surface area contributed by atoms with Crippen molar-refractivity contribution in [2.24, 2.45) is 5.73 Å². The Kier molecular flexibility index (Phi) is 4.58. The third-order valence-corrected chi connectivity index (χ3v) is 2.66. The molecule has 0 aromatic heterocycles. The van der Waals surface area contributed by atoms with Crippen molar-refractivity contribution in [1.29, 1.82) is 0 Å². The number of halogens is 1. The second kappa shape index (κ2) is 5.72. The molecule has 1 atom stereocenters. The molecule has 1 rings (SSSR count). The van der Waals surface area contributed by atoms with Crippen molar-refractivity contribution in [3.63, 3.8) is 0 Å². The Balaban J connectivity index is 2.81. The van der Waals surface area contributed by atoms with E-state index in [9.17, 15) is 9.90 Å². The maximum Gasteiger partial charge on any atom is 0.249 e. The minimum absolute atomic E-state index is 0.168. The van der Waals surface area contributed by atoms with Crippen LogP contribution in [0.1, 0.15) is 15.9 Å². The number of alkyl halides is 1. The fourth-order valence-electron chi connectivity index (χ4n) is 1.38. The van der Waals surface area contributed by atoms with E-state index in [0.717, 1.165) is 11.3 Å². The van der Waals surface area contributed by atoms with E-state index in [0.29, 0.717) is 12.1 Å². The van der Waals surface area contributed by atoms with Gasteiger partial charge in [-0.3, -0.25) is 4.79 Å². The molecule has 1 amide bonds. The van der Waals surface area contributed by atoms with E-state index in [1.54, 1.807) is 19.1 Å². The summed E-state index contributed by atoms with van der Waals surface area (Å²) in [7, 11) is 0. The molecule has 0 saturated carbocycles. The van der Waals surface area contributed by atoms with E-state index in [1.165, 1.54) is 0 Å². The van der Waals surface area contributed by atoms with Gasteiger partial charge in [-0.1, -0.05) is 6.07 Å². The predicted molar refractivity (Wildman–Crippen MR) is 64.9 cm³/mol. The number of amides is 1. The highest BCUT2D eigenvalue weighted by atomic mass is 35.5. The first-order valence-corrected chi connectivity index (χ1v) is 5.47. The summed E-state index contributed by atoms with van der Waals surface area (Å²) in [5.41, 5.74) is 7.26. The fraction of sp³-hybridized carbons (Fsp3) is 0.364. The zero-order valence-corrected chi connectivity index (χ0v) is 9.79. The minimum Gasteiger partial charge on any atom is -0.390 e. The molecule has 0 aliphatic carbocycles. The Labute approximate surface area is 99.4 Å². The monoisotopic (exact) mass is 242 g/mol. The average Bonchev–Trinajstić information content (AvgIpc) is 2.26. The molecule has 1 aromatic carbocycles. The SMILES string of the molecule is Cc1c(NCC(O)CCl)cccc1C(N)=O. The van der Waals surface area contributed by atoms with Gasteiger partial charge in [-0.25, -0.2) is 0 Å². The Bertz CT molecular complexity index is 382. The molecule has 0 spiro atoms. The van der Waals surface area contributed by atoms with Gasteiger partial charge >= 0.3 is 0 Å². The van der Waals surface area contributed by atoms with Gasteiger partial charge in [-0.15, -0.1) is 11.6 Å². The van der Waals surface area contributed by atoms with Gasteiger partial charge in [0.2, 0.25) is 5.91 Å². The second-order valence-corrected chi connectivity index (χ2v) is 3.84. The van der Waals surface area contributed by atoms with Crippen molar-refractivity contribution in [3.05, 3.63) is 29.3 Å². The lowest BCUT2D eigenvalue weighted by molar-refractivity contribution is 0.1000. The molecule has 16 heavy (non-hydrogen) atoms. The summed E-state index contributed by atoms with van der Waals surface area (Å²) in [6, 6.07) is 5.23. The molecule has 1 unspecified atom stereocenters. The highest BCUT2D eigenvalue weighted by molar-refractivity contribution is 6.18. The number of nitrogens with two attached hydrogens (primary N) is 1. The van der Waals surface area contributed by atoms with Gasteiger partial charge in [-0.2, -0.15) is 0 Å².